The number of rotatable bonds is 8. The van der Waals surface area contributed by atoms with Crippen LogP contribution in [0.1, 0.15) is 22.3 Å². The third-order valence-electron chi connectivity index (χ3n) is 2.83. The third-order valence-corrected chi connectivity index (χ3v) is 2.83. The van der Waals surface area contributed by atoms with Gasteiger partial charge >= 0.3 is 0 Å². The van der Waals surface area contributed by atoms with Crippen molar-refractivity contribution in [2.75, 3.05) is 39.2 Å². The number of anilines is 1. The van der Waals surface area contributed by atoms with Crippen LogP contribution in [-0.4, -0.2) is 39.4 Å². The summed E-state index contributed by atoms with van der Waals surface area (Å²) in [6, 6.07) is 2.67. The fraction of sp³-hybridized carbons (Fsp3) is 0.500. The lowest BCUT2D eigenvalue weighted by atomic mass is 10.1. The summed E-state index contributed by atoms with van der Waals surface area (Å²) < 4.78 is 23.6. The average Bonchev–Trinajstić information content (AvgIpc) is 2.43. The van der Waals surface area contributed by atoms with Crippen molar-refractivity contribution in [3.8, 4) is 0 Å². The Morgan fingerprint density at radius 2 is 2.10 bits per heavy atom. The predicted octanol–water partition coefficient (Wildman–Crippen LogP) is 1.50. The number of hydrogen-bond donors (Lipinski definition) is 2. The lowest BCUT2D eigenvalue weighted by Gasteiger charge is -2.08. The lowest BCUT2D eigenvalue weighted by molar-refractivity contribution is 0.0688. The minimum Gasteiger partial charge on any atom is -0.398 e. The van der Waals surface area contributed by atoms with Crippen LogP contribution in [0.25, 0.3) is 0 Å². The van der Waals surface area contributed by atoms with Crippen molar-refractivity contribution >= 4 is 11.6 Å². The topological polar surface area (TPSA) is 73.6 Å². The Morgan fingerprint density at radius 3 is 2.75 bits per heavy atom. The first-order chi connectivity index (χ1) is 9.56. The first-order valence-electron chi connectivity index (χ1n) is 6.46. The maximum atomic E-state index is 13.5. The smallest absolute Gasteiger partial charge is 0.251 e. The van der Waals surface area contributed by atoms with Gasteiger partial charge in [-0.3, -0.25) is 4.79 Å². The van der Waals surface area contributed by atoms with E-state index in [9.17, 15) is 9.18 Å². The van der Waals surface area contributed by atoms with E-state index in [1.807, 2.05) is 0 Å². The van der Waals surface area contributed by atoms with Crippen molar-refractivity contribution in [2.45, 2.75) is 13.3 Å². The Hall–Kier alpha value is -1.66. The Bertz CT molecular complexity index is 429. The average molecular weight is 284 g/mol. The zero-order valence-corrected chi connectivity index (χ0v) is 11.9. The van der Waals surface area contributed by atoms with E-state index in [4.69, 9.17) is 15.2 Å². The minimum atomic E-state index is -0.474. The Labute approximate surface area is 118 Å². The van der Waals surface area contributed by atoms with Crippen molar-refractivity contribution in [2.24, 2.45) is 0 Å². The molecule has 0 aromatic heterocycles. The largest absolute Gasteiger partial charge is 0.398 e. The summed E-state index contributed by atoms with van der Waals surface area (Å²) in [5.74, 6) is -0.814. The zero-order chi connectivity index (χ0) is 15.0. The fourth-order valence-electron chi connectivity index (χ4n) is 1.55. The van der Waals surface area contributed by atoms with E-state index in [1.54, 1.807) is 14.0 Å². The summed E-state index contributed by atoms with van der Waals surface area (Å²) in [5.41, 5.74) is 6.49. The summed E-state index contributed by atoms with van der Waals surface area (Å²) in [6.45, 7) is 3.65. The third kappa shape index (κ3) is 5.14. The number of carbonyl (C=O) groups excluding carboxylic acids is 1. The Kier molecular flexibility index (Phi) is 6.97. The quantitative estimate of drug-likeness (QED) is 0.560. The van der Waals surface area contributed by atoms with Crippen LogP contribution >= 0.6 is 0 Å². The first-order valence-corrected chi connectivity index (χ1v) is 6.46. The number of benzene rings is 1. The van der Waals surface area contributed by atoms with Gasteiger partial charge in [-0.25, -0.2) is 4.39 Å². The molecule has 0 bridgehead atoms. The standard InChI is InChI=1S/C14H21FN2O3/c1-10-12(15)8-11(9-13(10)16)14(18)17-4-3-5-20-7-6-19-2/h8-9H,3-7,16H2,1-2H3,(H,17,18). The van der Waals surface area contributed by atoms with E-state index in [1.165, 1.54) is 12.1 Å². The van der Waals surface area contributed by atoms with Gasteiger partial charge < -0.3 is 20.5 Å². The number of halogens is 1. The number of nitrogens with two attached hydrogens (primary N) is 1. The molecule has 6 heteroatoms. The SMILES string of the molecule is COCCOCCCNC(=O)c1cc(N)c(C)c(F)c1. The number of nitrogen functional groups attached to an aromatic ring is 1. The maximum Gasteiger partial charge on any atom is 0.251 e. The second-order valence-corrected chi connectivity index (χ2v) is 4.39. The highest BCUT2D eigenvalue weighted by Crippen LogP contribution is 2.17. The molecule has 1 aromatic rings. The molecule has 20 heavy (non-hydrogen) atoms. The molecule has 0 saturated heterocycles. The Balaban J connectivity index is 2.33. The molecule has 0 atom stereocenters. The number of hydrogen-bond acceptors (Lipinski definition) is 4. The number of ether oxygens (including phenoxy) is 2. The molecule has 0 spiro atoms. The summed E-state index contributed by atoms with van der Waals surface area (Å²) in [6.07, 6.45) is 0.680. The summed E-state index contributed by atoms with van der Waals surface area (Å²) >= 11 is 0. The van der Waals surface area contributed by atoms with Gasteiger partial charge in [-0.15, -0.1) is 0 Å². The van der Waals surface area contributed by atoms with Crippen LogP contribution in [0.3, 0.4) is 0 Å². The molecule has 0 aliphatic rings. The van der Waals surface area contributed by atoms with Crippen LogP contribution in [0.5, 0.6) is 0 Å². The van der Waals surface area contributed by atoms with Gasteiger partial charge in [0.25, 0.3) is 5.91 Å². The van der Waals surface area contributed by atoms with Crippen LogP contribution in [0, 0.1) is 12.7 Å². The molecular formula is C14H21FN2O3. The lowest BCUT2D eigenvalue weighted by Crippen LogP contribution is -2.25. The molecule has 1 aromatic carbocycles. The fourth-order valence-corrected chi connectivity index (χ4v) is 1.55. The van der Waals surface area contributed by atoms with Gasteiger partial charge in [-0.05, 0) is 25.5 Å². The summed E-state index contributed by atoms with van der Waals surface area (Å²) in [5, 5.41) is 2.69. The zero-order valence-electron chi connectivity index (χ0n) is 11.9. The van der Waals surface area contributed by atoms with E-state index in [0.29, 0.717) is 38.3 Å². The van der Waals surface area contributed by atoms with E-state index >= 15 is 0 Å². The number of methoxy groups -OCH3 is 1. The van der Waals surface area contributed by atoms with Gasteiger partial charge in [0.05, 0.1) is 13.2 Å². The molecule has 0 fully saturated rings. The molecule has 0 heterocycles. The summed E-state index contributed by atoms with van der Waals surface area (Å²) in [4.78, 5) is 11.8. The van der Waals surface area contributed by atoms with Crippen LogP contribution in [0.15, 0.2) is 12.1 Å². The first kappa shape index (κ1) is 16.4. The van der Waals surface area contributed by atoms with Crippen molar-refractivity contribution < 1.29 is 18.7 Å². The molecule has 0 radical (unpaired) electrons. The highest BCUT2D eigenvalue weighted by Gasteiger charge is 2.10. The second-order valence-electron chi connectivity index (χ2n) is 4.39. The second kappa shape index (κ2) is 8.50. The highest BCUT2D eigenvalue weighted by molar-refractivity contribution is 5.95. The Morgan fingerprint density at radius 1 is 1.35 bits per heavy atom. The van der Waals surface area contributed by atoms with Crippen LogP contribution in [0.4, 0.5) is 10.1 Å². The predicted molar refractivity (Wildman–Crippen MR) is 75.2 cm³/mol. The van der Waals surface area contributed by atoms with Crippen molar-refractivity contribution in [1.29, 1.82) is 0 Å². The number of amides is 1. The van der Waals surface area contributed by atoms with Crippen molar-refractivity contribution in [3.05, 3.63) is 29.1 Å². The molecule has 0 aliphatic carbocycles. The van der Waals surface area contributed by atoms with E-state index in [2.05, 4.69) is 5.32 Å². The maximum absolute atomic E-state index is 13.5. The minimum absolute atomic E-state index is 0.228. The van der Waals surface area contributed by atoms with Gasteiger partial charge in [0.1, 0.15) is 5.82 Å². The molecule has 0 unspecified atom stereocenters. The van der Waals surface area contributed by atoms with Crippen LogP contribution < -0.4 is 11.1 Å². The van der Waals surface area contributed by atoms with Gasteiger partial charge in [-0.2, -0.15) is 0 Å². The molecule has 0 saturated carbocycles. The van der Waals surface area contributed by atoms with Crippen molar-refractivity contribution in [1.82, 2.24) is 5.32 Å². The highest BCUT2D eigenvalue weighted by atomic mass is 19.1. The monoisotopic (exact) mass is 284 g/mol. The summed E-state index contributed by atoms with van der Waals surface area (Å²) in [7, 11) is 1.61. The van der Waals surface area contributed by atoms with Crippen molar-refractivity contribution in [3.63, 3.8) is 0 Å². The van der Waals surface area contributed by atoms with E-state index in [0.717, 1.165) is 0 Å². The van der Waals surface area contributed by atoms with Gasteiger partial charge in [0.15, 0.2) is 0 Å². The molecular weight excluding hydrogens is 263 g/mol. The molecule has 112 valence electrons. The molecule has 1 rings (SSSR count). The molecule has 1 amide bonds. The molecule has 0 aliphatic heterocycles. The number of carbonyl (C=O) groups is 1. The van der Waals surface area contributed by atoms with Gasteiger partial charge in [0, 0.05) is 37.1 Å². The van der Waals surface area contributed by atoms with Crippen LogP contribution in [-0.2, 0) is 9.47 Å². The van der Waals surface area contributed by atoms with Gasteiger partial charge in [0.2, 0.25) is 0 Å². The van der Waals surface area contributed by atoms with E-state index in [-0.39, 0.29) is 17.2 Å². The normalized spacial score (nSPS) is 10.6. The van der Waals surface area contributed by atoms with Crippen LogP contribution in [0.2, 0.25) is 0 Å². The van der Waals surface area contributed by atoms with E-state index < -0.39 is 5.82 Å². The number of nitrogens with one attached hydrogen (secondary N) is 1. The molecule has 5 nitrogen and oxygen atoms in total. The van der Waals surface area contributed by atoms with Gasteiger partial charge in [-0.1, -0.05) is 0 Å². The molecule has 3 N–H and O–H groups in total.